The van der Waals surface area contributed by atoms with Gasteiger partial charge >= 0.3 is 17.9 Å². The number of esters is 3. The van der Waals surface area contributed by atoms with Crippen molar-refractivity contribution in [1.29, 1.82) is 0 Å². The number of carbonyl (C=O) groups excluding carboxylic acids is 3. The number of rotatable bonds is 56. The molecule has 0 aromatic rings. The third kappa shape index (κ3) is 53.8. The molecule has 0 amide bonds. The maximum absolute atomic E-state index is 12.9. The highest BCUT2D eigenvalue weighted by Crippen LogP contribution is 2.19. The summed E-state index contributed by atoms with van der Waals surface area (Å²) in [6.07, 6.45) is 59.7. The topological polar surface area (TPSA) is 78.9 Å². The fourth-order valence-corrected chi connectivity index (χ4v) is 9.55. The van der Waals surface area contributed by atoms with Gasteiger partial charge < -0.3 is 14.2 Å². The van der Waals surface area contributed by atoms with Gasteiger partial charge in [-0.1, -0.05) is 311 Å². The molecule has 0 spiro atoms. The Labute approximate surface area is 425 Å². The lowest BCUT2D eigenvalue weighted by Crippen LogP contribution is -2.30. The van der Waals surface area contributed by atoms with Crippen molar-refractivity contribution < 1.29 is 28.6 Å². The van der Waals surface area contributed by atoms with E-state index in [1.54, 1.807) is 0 Å². The summed E-state index contributed by atoms with van der Waals surface area (Å²) in [5.41, 5.74) is 0. The van der Waals surface area contributed by atoms with E-state index in [1.165, 1.54) is 238 Å². The molecule has 0 heterocycles. The predicted octanol–water partition coefficient (Wildman–Crippen LogP) is 20.4. The van der Waals surface area contributed by atoms with Crippen molar-refractivity contribution in [2.24, 2.45) is 11.8 Å². The summed E-state index contributed by atoms with van der Waals surface area (Å²) in [5.74, 6) is 0.833. The fraction of sp³-hybridized carbons (Fsp3) is 0.952. The van der Waals surface area contributed by atoms with E-state index in [1.807, 2.05) is 0 Å². The lowest BCUT2D eigenvalue weighted by Gasteiger charge is -2.18. The summed E-state index contributed by atoms with van der Waals surface area (Å²) in [5, 5.41) is 0. The molecule has 0 N–H and O–H groups in total. The van der Waals surface area contributed by atoms with E-state index in [-0.39, 0.29) is 31.1 Å². The van der Waals surface area contributed by atoms with Crippen LogP contribution in [0, 0.1) is 11.8 Å². The molecule has 68 heavy (non-hydrogen) atoms. The number of hydrogen-bond acceptors (Lipinski definition) is 6. The van der Waals surface area contributed by atoms with Crippen LogP contribution in [-0.4, -0.2) is 37.2 Å². The van der Waals surface area contributed by atoms with Crippen LogP contribution in [0.25, 0.3) is 0 Å². The highest BCUT2D eigenvalue weighted by molar-refractivity contribution is 5.71. The quantitative estimate of drug-likeness (QED) is 0.0343. The van der Waals surface area contributed by atoms with Gasteiger partial charge in [0.05, 0.1) is 0 Å². The summed E-state index contributed by atoms with van der Waals surface area (Å²) < 4.78 is 16.9. The van der Waals surface area contributed by atoms with Crippen molar-refractivity contribution in [3.05, 3.63) is 0 Å². The van der Waals surface area contributed by atoms with Crippen LogP contribution in [0.15, 0.2) is 0 Å². The van der Waals surface area contributed by atoms with E-state index >= 15 is 0 Å². The molecule has 0 rings (SSSR count). The van der Waals surface area contributed by atoms with E-state index in [0.717, 1.165) is 69.6 Å². The summed E-state index contributed by atoms with van der Waals surface area (Å²) in [6, 6.07) is 0. The standard InChI is InChI=1S/C62H120O6/c1-6-8-9-10-11-12-13-14-15-16-17-21-24-27-30-33-36-42-47-52-60(63)66-55-59(56-67-61(64)53-48-43-39-38-41-46-51-58(5)7-2)68-62(65)54-49-44-37-34-31-28-25-22-19-18-20-23-26-29-32-35-40-45-50-57(3)4/h57-59H,6-56H2,1-5H3/t58?,59-/m0/s1. The summed E-state index contributed by atoms with van der Waals surface area (Å²) in [4.78, 5) is 38.2. The molecule has 0 radical (unpaired) electrons. The largest absolute Gasteiger partial charge is 0.462 e. The zero-order valence-electron chi connectivity index (χ0n) is 46.7. The van der Waals surface area contributed by atoms with Crippen LogP contribution < -0.4 is 0 Å². The van der Waals surface area contributed by atoms with Gasteiger partial charge in [-0.05, 0) is 31.1 Å². The van der Waals surface area contributed by atoms with Crippen LogP contribution in [0.4, 0.5) is 0 Å². The highest BCUT2D eigenvalue weighted by atomic mass is 16.6. The van der Waals surface area contributed by atoms with Crippen LogP contribution in [0.1, 0.15) is 349 Å². The number of hydrogen-bond donors (Lipinski definition) is 0. The second kappa shape index (κ2) is 54.7. The fourth-order valence-electron chi connectivity index (χ4n) is 9.55. The molecule has 0 aromatic carbocycles. The Morgan fingerprint density at radius 2 is 0.559 bits per heavy atom. The molecular weight excluding hydrogens is 841 g/mol. The van der Waals surface area contributed by atoms with Gasteiger partial charge in [-0.3, -0.25) is 14.4 Å². The van der Waals surface area contributed by atoms with Gasteiger partial charge in [0, 0.05) is 19.3 Å². The average Bonchev–Trinajstić information content (AvgIpc) is 3.33. The minimum Gasteiger partial charge on any atom is -0.462 e. The lowest BCUT2D eigenvalue weighted by atomic mass is 10.00. The molecule has 0 saturated heterocycles. The number of unbranched alkanes of at least 4 members (excludes halogenated alkanes) is 40. The minimum absolute atomic E-state index is 0.0631. The maximum atomic E-state index is 12.9. The van der Waals surface area contributed by atoms with E-state index in [2.05, 4.69) is 34.6 Å². The van der Waals surface area contributed by atoms with E-state index in [0.29, 0.717) is 19.3 Å². The van der Waals surface area contributed by atoms with Gasteiger partial charge in [0.1, 0.15) is 13.2 Å². The average molecular weight is 962 g/mol. The van der Waals surface area contributed by atoms with Gasteiger partial charge in [0.15, 0.2) is 6.10 Å². The second-order valence-corrected chi connectivity index (χ2v) is 22.1. The molecule has 0 aliphatic carbocycles. The predicted molar refractivity (Wildman–Crippen MR) is 293 cm³/mol. The second-order valence-electron chi connectivity index (χ2n) is 22.1. The highest BCUT2D eigenvalue weighted by Gasteiger charge is 2.19. The Balaban J connectivity index is 4.21. The molecule has 0 saturated carbocycles. The van der Waals surface area contributed by atoms with E-state index in [9.17, 15) is 14.4 Å². The molecule has 404 valence electrons. The first-order valence-corrected chi connectivity index (χ1v) is 30.8. The molecular formula is C62H120O6. The third-order valence-corrected chi connectivity index (χ3v) is 14.6. The van der Waals surface area contributed by atoms with E-state index in [4.69, 9.17) is 14.2 Å². The van der Waals surface area contributed by atoms with Gasteiger partial charge in [0.25, 0.3) is 0 Å². The van der Waals surface area contributed by atoms with Crippen LogP contribution >= 0.6 is 0 Å². The monoisotopic (exact) mass is 961 g/mol. The number of ether oxygens (including phenoxy) is 3. The molecule has 0 aliphatic heterocycles. The Morgan fingerprint density at radius 3 is 0.838 bits per heavy atom. The molecule has 0 bridgehead atoms. The molecule has 6 nitrogen and oxygen atoms in total. The molecule has 0 aromatic heterocycles. The van der Waals surface area contributed by atoms with Crippen molar-refractivity contribution in [2.45, 2.75) is 355 Å². The Hall–Kier alpha value is -1.59. The van der Waals surface area contributed by atoms with Crippen LogP contribution in [0.2, 0.25) is 0 Å². The van der Waals surface area contributed by atoms with Gasteiger partial charge in [-0.2, -0.15) is 0 Å². The van der Waals surface area contributed by atoms with Gasteiger partial charge in [0.2, 0.25) is 0 Å². The third-order valence-electron chi connectivity index (χ3n) is 14.6. The Morgan fingerprint density at radius 1 is 0.309 bits per heavy atom. The maximum Gasteiger partial charge on any atom is 0.306 e. The lowest BCUT2D eigenvalue weighted by molar-refractivity contribution is -0.167. The summed E-state index contributed by atoms with van der Waals surface area (Å²) >= 11 is 0. The van der Waals surface area contributed by atoms with Crippen LogP contribution in [0.5, 0.6) is 0 Å². The summed E-state index contributed by atoms with van der Waals surface area (Å²) in [6.45, 7) is 11.4. The van der Waals surface area contributed by atoms with Gasteiger partial charge in [-0.15, -0.1) is 0 Å². The zero-order chi connectivity index (χ0) is 49.6. The molecule has 2 atom stereocenters. The molecule has 6 heteroatoms. The van der Waals surface area contributed by atoms with Gasteiger partial charge in [-0.25, -0.2) is 0 Å². The first-order valence-electron chi connectivity index (χ1n) is 30.8. The molecule has 1 unspecified atom stereocenters. The van der Waals surface area contributed by atoms with Crippen molar-refractivity contribution in [3.63, 3.8) is 0 Å². The van der Waals surface area contributed by atoms with Crippen molar-refractivity contribution in [2.75, 3.05) is 13.2 Å². The first-order chi connectivity index (χ1) is 33.3. The van der Waals surface area contributed by atoms with Crippen molar-refractivity contribution in [3.8, 4) is 0 Å². The SMILES string of the molecule is CCCCCCCCCCCCCCCCCCCCCC(=O)OC[C@@H](COC(=O)CCCCCCCCC(C)CC)OC(=O)CCCCCCCCCCCCCCCCCCCCC(C)C. The normalized spacial score (nSPS) is 12.4. The summed E-state index contributed by atoms with van der Waals surface area (Å²) in [7, 11) is 0. The number of carbonyl (C=O) groups is 3. The first kappa shape index (κ1) is 66.4. The smallest absolute Gasteiger partial charge is 0.306 e. The van der Waals surface area contributed by atoms with Crippen molar-refractivity contribution >= 4 is 17.9 Å². The van der Waals surface area contributed by atoms with Crippen molar-refractivity contribution in [1.82, 2.24) is 0 Å². The zero-order valence-corrected chi connectivity index (χ0v) is 46.7. The Bertz CT molecular complexity index is 1040. The Kier molecular flexibility index (Phi) is 53.5. The molecule has 0 fully saturated rings. The van der Waals surface area contributed by atoms with E-state index < -0.39 is 6.10 Å². The minimum atomic E-state index is -0.764. The molecule has 0 aliphatic rings. The van der Waals surface area contributed by atoms with Crippen LogP contribution in [0.3, 0.4) is 0 Å². The van der Waals surface area contributed by atoms with Crippen LogP contribution in [-0.2, 0) is 28.6 Å².